The predicted molar refractivity (Wildman–Crippen MR) is 66.0 cm³/mol. The smallest absolute Gasteiger partial charge is 0.0589 e. The van der Waals surface area contributed by atoms with Gasteiger partial charge in [0, 0.05) is 32.8 Å². The lowest BCUT2D eigenvalue weighted by Crippen LogP contribution is -2.39. The van der Waals surface area contributed by atoms with Crippen molar-refractivity contribution < 1.29 is 4.74 Å². The summed E-state index contributed by atoms with van der Waals surface area (Å²) in [6.45, 7) is 12.8. The van der Waals surface area contributed by atoms with Gasteiger partial charge in [0.1, 0.15) is 0 Å². The van der Waals surface area contributed by atoms with Gasteiger partial charge < -0.3 is 15.4 Å². The van der Waals surface area contributed by atoms with Crippen LogP contribution in [0.3, 0.4) is 0 Å². The fourth-order valence-electron chi connectivity index (χ4n) is 1.57. The average Bonchev–Trinajstić information content (AvgIpc) is 2.13. The van der Waals surface area contributed by atoms with E-state index in [2.05, 4.69) is 32.6 Å². The molecule has 15 heavy (non-hydrogen) atoms. The summed E-state index contributed by atoms with van der Waals surface area (Å²) < 4.78 is 5.12. The normalized spacial score (nSPS) is 16.0. The van der Waals surface area contributed by atoms with E-state index in [9.17, 15) is 0 Å². The largest absolute Gasteiger partial charge is 0.383 e. The van der Waals surface area contributed by atoms with Crippen molar-refractivity contribution in [1.29, 1.82) is 0 Å². The van der Waals surface area contributed by atoms with E-state index in [0.29, 0.717) is 11.8 Å². The minimum absolute atomic E-state index is 0.266. The van der Waals surface area contributed by atoms with Crippen molar-refractivity contribution in [1.82, 2.24) is 4.90 Å². The maximum atomic E-state index is 5.89. The second-order valence-electron chi connectivity index (χ2n) is 4.98. The van der Waals surface area contributed by atoms with Gasteiger partial charge in [0.25, 0.3) is 0 Å². The van der Waals surface area contributed by atoms with Crippen LogP contribution >= 0.6 is 0 Å². The highest BCUT2D eigenvalue weighted by Crippen LogP contribution is 2.06. The van der Waals surface area contributed by atoms with E-state index in [0.717, 1.165) is 26.2 Å². The van der Waals surface area contributed by atoms with E-state index >= 15 is 0 Å². The fraction of sp³-hybridized carbons (Fsp3) is 1.00. The highest BCUT2D eigenvalue weighted by atomic mass is 16.5. The van der Waals surface area contributed by atoms with E-state index < -0.39 is 0 Å². The molecule has 0 aromatic carbocycles. The first-order valence-corrected chi connectivity index (χ1v) is 5.94. The molecule has 2 atom stereocenters. The summed E-state index contributed by atoms with van der Waals surface area (Å²) >= 11 is 0. The molecular formula is C12H28N2O. The molecular weight excluding hydrogens is 188 g/mol. The van der Waals surface area contributed by atoms with Gasteiger partial charge in [0.2, 0.25) is 0 Å². The van der Waals surface area contributed by atoms with Gasteiger partial charge in [-0.25, -0.2) is 0 Å². The molecule has 0 aliphatic rings. The standard InChI is InChI=1S/C12H28N2O/c1-10(2)8-14(6-7-15-5)9-11(3)12(4)13/h10-12H,6-9,13H2,1-5H3. The van der Waals surface area contributed by atoms with Crippen molar-refractivity contribution in [2.24, 2.45) is 17.6 Å². The number of ether oxygens (including phenoxy) is 1. The molecule has 0 aromatic heterocycles. The Kier molecular flexibility index (Phi) is 8.02. The zero-order valence-corrected chi connectivity index (χ0v) is 11.0. The van der Waals surface area contributed by atoms with Crippen molar-refractivity contribution in [2.45, 2.75) is 33.7 Å². The lowest BCUT2D eigenvalue weighted by molar-refractivity contribution is 0.127. The van der Waals surface area contributed by atoms with Crippen molar-refractivity contribution in [2.75, 3.05) is 33.4 Å². The maximum Gasteiger partial charge on any atom is 0.0589 e. The monoisotopic (exact) mass is 216 g/mol. The van der Waals surface area contributed by atoms with E-state index in [1.165, 1.54) is 0 Å². The molecule has 0 saturated carbocycles. The lowest BCUT2D eigenvalue weighted by Gasteiger charge is -2.28. The van der Waals surface area contributed by atoms with Gasteiger partial charge in [-0.2, -0.15) is 0 Å². The first-order chi connectivity index (χ1) is 6.97. The molecule has 0 spiro atoms. The van der Waals surface area contributed by atoms with Gasteiger partial charge in [-0.15, -0.1) is 0 Å². The third-order valence-corrected chi connectivity index (χ3v) is 2.68. The molecule has 2 unspecified atom stereocenters. The SMILES string of the molecule is COCCN(CC(C)C)CC(C)C(C)N. The van der Waals surface area contributed by atoms with Crippen LogP contribution in [-0.4, -0.2) is 44.3 Å². The molecule has 0 aromatic rings. The zero-order valence-electron chi connectivity index (χ0n) is 11.0. The minimum atomic E-state index is 0.266. The van der Waals surface area contributed by atoms with Gasteiger partial charge in [-0.1, -0.05) is 20.8 Å². The van der Waals surface area contributed by atoms with E-state index in [1.807, 2.05) is 0 Å². The Balaban J connectivity index is 3.99. The molecule has 92 valence electrons. The van der Waals surface area contributed by atoms with Crippen LogP contribution in [0.4, 0.5) is 0 Å². The third-order valence-electron chi connectivity index (χ3n) is 2.68. The number of methoxy groups -OCH3 is 1. The summed E-state index contributed by atoms with van der Waals surface area (Å²) in [5.41, 5.74) is 5.89. The fourth-order valence-corrected chi connectivity index (χ4v) is 1.57. The Morgan fingerprint density at radius 2 is 1.73 bits per heavy atom. The third kappa shape index (κ3) is 7.77. The van der Waals surface area contributed by atoms with Crippen LogP contribution in [0.5, 0.6) is 0 Å². The lowest BCUT2D eigenvalue weighted by atomic mass is 10.0. The molecule has 0 amide bonds. The van der Waals surface area contributed by atoms with Crippen molar-refractivity contribution in [3.05, 3.63) is 0 Å². The van der Waals surface area contributed by atoms with Gasteiger partial charge in [-0.05, 0) is 18.8 Å². The molecule has 2 N–H and O–H groups in total. The van der Waals surface area contributed by atoms with Crippen LogP contribution in [0.15, 0.2) is 0 Å². The number of hydrogen-bond donors (Lipinski definition) is 1. The van der Waals surface area contributed by atoms with Crippen molar-refractivity contribution >= 4 is 0 Å². The second-order valence-corrected chi connectivity index (χ2v) is 4.98. The van der Waals surface area contributed by atoms with Gasteiger partial charge in [-0.3, -0.25) is 0 Å². The van der Waals surface area contributed by atoms with Crippen LogP contribution in [0.25, 0.3) is 0 Å². The second kappa shape index (κ2) is 8.08. The molecule has 3 heteroatoms. The Morgan fingerprint density at radius 3 is 2.13 bits per heavy atom. The first-order valence-electron chi connectivity index (χ1n) is 5.94. The molecule has 0 radical (unpaired) electrons. The molecule has 0 heterocycles. The number of nitrogens with zero attached hydrogens (tertiary/aromatic N) is 1. The molecule has 0 saturated heterocycles. The molecule has 0 rings (SSSR count). The average molecular weight is 216 g/mol. The molecule has 0 fully saturated rings. The van der Waals surface area contributed by atoms with Crippen LogP contribution in [-0.2, 0) is 4.74 Å². The van der Waals surface area contributed by atoms with Crippen LogP contribution < -0.4 is 5.73 Å². The summed E-state index contributed by atoms with van der Waals surface area (Å²) in [5.74, 6) is 1.24. The van der Waals surface area contributed by atoms with Gasteiger partial charge in [0.05, 0.1) is 6.61 Å². The van der Waals surface area contributed by atoms with E-state index in [1.54, 1.807) is 7.11 Å². The summed E-state index contributed by atoms with van der Waals surface area (Å²) in [6, 6.07) is 0.266. The zero-order chi connectivity index (χ0) is 11.8. The number of rotatable bonds is 8. The summed E-state index contributed by atoms with van der Waals surface area (Å²) in [6.07, 6.45) is 0. The van der Waals surface area contributed by atoms with E-state index in [4.69, 9.17) is 10.5 Å². The molecule has 0 aliphatic heterocycles. The van der Waals surface area contributed by atoms with Crippen molar-refractivity contribution in [3.8, 4) is 0 Å². The predicted octanol–water partition coefficient (Wildman–Crippen LogP) is 1.57. The van der Waals surface area contributed by atoms with E-state index in [-0.39, 0.29) is 6.04 Å². The van der Waals surface area contributed by atoms with Gasteiger partial charge >= 0.3 is 0 Å². The maximum absolute atomic E-state index is 5.89. The Bertz CT molecular complexity index is 149. The van der Waals surface area contributed by atoms with Crippen LogP contribution in [0, 0.1) is 11.8 Å². The van der Waals surface area contributed by atoms with Gasteiger partial charge in [0.15, 0.2) is 0 Å². The molecule has 0 bridgehead atoms. The van der Waals surface area contributed by atoms with Crippen molar-refractivity contribution in [3.63, 3.8) is 0 Å². The highest BCUT2D eigenvalue weighted by molar-refractivity contribution is 4.70. The number of hydrogen-bond acceptors (Lipinski definition) is 3. The summed E-state index contributed by atoms with van der Waals surface area (Å²) in [5, 5.41) is 0. The Labute approximate surface area is 95.0 Å². The topological polar surface area (TPSA) is 38.5 Å². The Hall–Kier alpha value is -0.120. The van der Waals surface area contributed by atoms with Crippen LogP contribution in [0.2, 0.25) is 0 Å². The quantitative estimate of drug-likeness (QED) is 0.669. The summed E-state index contributed by atoms with van der Waals surface area (Å²) in [7, 11) is 1.75. The first kappa shape index (κ1) is 14.9. The minimum Gasteiger partial charge on any atom is -0.383 e. The molecule has 3 nitrogen and oxygen atoms in total. The Morgan fingerprint density at radius 1 is 1.13 bits per heavy atom. The van der Waals surface area contributed by atoms with Crippen LogP contribution in [0.1, 0.15) is 27.7 Å². The highest BCUT2D eigenvalue weighted by Gasteiger charge is 2.14. The summed E-state index contributed by atoms with van der Waals surface area (Å²) in [4.78, 5) is 2.45. The number of nitrogens with two attached hydrogens (primary N) is 1. The molecule has 0 aliphatic carbocycles.